The molecule has 2 N–H and O–H groups in total. The Bertz CT molecular complexity index is 306. The number of aromatic nitrogens is 2. The normalized spacial score (nSPS) is 22.4. The minimum Gasteiger partial charge on any atom is -0.380 e. The van der Waals surface area contributed by atoms with Crippen molar-refractivity contribution in [2.45, 2.75) is 19.9 Å². The van der Waals surface area contributed by atoms with Crippen LogP contribution in [0.2, 0.25) is 0 Å². The van der Waals surface area contributed by atoms with Crippen LogP contribution < -0.4 is 5.73 Å². The van der Waals surface area contributed by atoms with Crippen molar-refractivity contribution in [1.29, 1.82) is 0 Å². The summed E-state index contributed by atoms with van der Waals surface area (Å²) in [5.41, 5.74) is 5.95. The van der Waals surface area contributed by atoms with Crippen molar-refractivity contribution in [1.82, 2.24) is 10.1 Å². The molecule has 0 bridgehead atoms. The molecule has 0 spiro atoms. The first-order valence-electron chi connectivity index (χ1n) is 4.25. The van der Waals surface area contributed by atoms with Gasteiger partial charge in [0, 0.05) is 12.3 Å². The summed E-state index contributed by atoms with van der Waals surface area (Å²) in [4.78, 5) is 4.10. The van der Waals surface area contributed by atoms with Crippen LogP contribution in [0, 0.1) is 12.3 Å². The second-order valence-corrected chi connectivity index (χ2v) is 3.80. The molecule has 1 saturated heterocycles. The quantitative estimate of drug-likeness (QED) is 0.719. The smallest absolute Gasteiger partial charge is 0.223 e. The Kier molecular flexibility index (Phi) is 1.85. The first-order chi connectivity index (χ1) is 6.12. The molecule has 1 aliphatic rings. The summed E-state index contributed by atoms with van der Waals surface area (Å²) in [6.45, 7) is 5.15. The predicted molar refractivity (Wildman–Crippen MR) is 44.9 cm³/mol. The van der Waals surface area contributed by atoms with Crippen LogP contribution in [-0.4, -0.2) is 23.4 Å². The molecular formula is C8H13N3O2. The van der Waals surface area contributed by atoms with Gasteiger partial charge < -0.3 is 15.0 Å². The highest BCUT2D eigenvalue weighted by Gasteiger charge is 2.42. The lowest BCUT2D eigenvalue weighted by molar-refractivity contribution is -0.117. The van der Waals surface area contributed by atoms with Gasteiger partial charge in [0.15, 0.2) is 5.82 Å². The van der Waals surface area contributed by atoms with Gasteiger partial charge in [-0.2, -0.15) is 4.98 Å². The van der Waals surface area contributed by atoms with E-state index in [0.29, 0.717) is 24.9 Å². The molecule has 1 aliphatic heterocycles. The van der Waals surface area contributed by atoms with Crippen LogP contribution >= 0.6 is 0 Å². The molecule has 0 radical (unpaired) electrons. The highest BCUT2D eigenvalue weighted by Crippen LogP contribution is 2.37. The predicted octanol–water partition coefficient (Wildman–Crippen LogP) is 0.414. The highest BCUT2D eigenvalue weighted by atomic mass is 16.5. The number of nitrogens with zero attached hydrogens (tertiary/aromatic N) is 2. The van der Waals surface area contributed by atoms with Crippen LogP contribution in [0.15, 0.2) is 4.52 Å². The van der Waals surface area contributed by atoms with Crippen molar-refractivity contribution >= 4 is 0 Å². The van der Waals surface area contributed by atoms with Crippen molar-refractivity contribution < 1.29 is 9.26 Å². The van der Waals surface area contributed by atoms with E-state index in [4.69, 9.17) is 15.0 Å². The van der Waals surface area contributed by atoms with Crippen LogP contribution in [0.1, 0.15) is 24.7 Å². The Morgan fingerprint density at radius 2 is 2.23 bits per heavy atom. The van der Waals surface area contributed by atoms with Crippen molar-refractivity contribution in [3.63, 3.8) is 0 Å². The van der Waals surface area contributed by atoms with Crippen LogP contribution in [0.25, 0.3) is 0 Å². The highest BCUT2D eigenvalue weighted by molar-refractivity contribution is 5.02. The third kappa shape index (κ3) is 1.34. The third-order valence-corrected chi connectivity index (χ3v) is 2.44. The summed E-state index contributed by atoms with van der Waals surface area (Å²) in [7, 11) is 0. The molecule has 2 heterocycles. The van der Waals surface area contributed by atoms with E-state index >= 15 is 0 Å². The molecule has 1 aromatic heterocycles. The van der Waals surface area contributed by atoms with Crippen LogP contribution in [0.5, 0.6) is 0 Å². The molecule has 1 fully saturated rings. The average Bonchev–Trinajstić information content (AvgIpc) is 2.46. The van der Waals surface area contributed by atoms with E-state index in [1.807, 2.05) is 0 Å². The molecular weight excluding hydrogens is 170 g/mol. The number of nitrogens with two attached hydrogens (primary N) is 1. The number of aryl methyl sites for hydroxylation is 1. The first-order valence-corrected chi connectivity index (χ1v) is 4.25. The third-order valence-electron chi connectivity index (χ3n) is 2.44. The minimum absolute atomic E-state index is 0.0314. The van der Waals surface area contributed by atoms with Gasteiger partial charge in [-0.05, 0) is 0 Å². The molecule has 0 aromatic carbocycles. The van der Waals surface area contributed by atoms with Gasteiger partial charge >= 0.3 is 0 Å². The number of ether oxygens (including phenoxy) is 1. The lowest BCUT2D eigenvalue weighted by Gasteiger charge is -2.41. The zero-order valence-electron chi connectivity index (χ0n) is 7.78. The van der Waals surface area contributed by atoms with Crippen molar-refractivity contribution in [2.24, 2.45) is 11.1 Å². The molecule has 0 amide bonds. The molecule has 5 nitrogen and oxygen atoms in total. The second kappa shape index (κ2) is 2.78. The summed E-state index contributed by atoms with van der Waals surface area (Å²) in [6.07, 6.45) is 0. The van der Waals surface area contributed by atoms with Gasteiger partial charge in [-0.1, -0.05) is 12.1 Å². The van der Waals surface area contributed by atoms with Gasteiger partial charge in [-0.15, -0.1) is 0 Å². The topological polar surface area (TPSA) is 74.2 Å². The van der Waals surface area contributed by atoms with E-state index in [9.17, 15) is 0 Å². The lowest BCUT2D eigenvalue weighted by Crippen LogP contribution is -2.48. The summed E-state index contributed by atoms with van der Waals surface area (Å²) >= 11 is 0. The molecule has 0 aliphatic carbocycles. The van der Waals surface area contributed by atoms with Crippen LogP contribution in [0.4, 0.5) is 0 Å². The number of hydrogen-bond donors (Lipinski definition) is 1. The molecule has 0 saturated carbocycles. The van der Waals surface area contributed by atoms with E-state index in [2.05, 4.69) is 17.1 Å². The van der Waals surface area contributed by atoms with Gasteiger partial charge in [0.2, 0.25) is 5.89 Å². The Labute approximate surface area is 76.3 Å². The van der Waals surface area contributed by atoms with E-state index in [1.54, 1.807) is 6.92 Å². The molecule has 1 unspecified atom stereocenters. The second-order valence-electron chi connectivity index (χ2n) is 3.80. The summed E-state index contributed by atoms with van der Waals surface area (Å²) < 4.78 is 9.99. The zero-order chi connectivity index (χ0) is 9.47. The molecule has 1 aromatic rings. The summed E-state index contributed by atoms with van der Waals surface area (Å²) in [5, 5.41) is 3.80. The van der Waals surface area contributed by atoms with E-state index in [0.717, 1.165) is 0 Å². The van der Waals surface area contributed by atoms with Crippen molar-refractivity contribution in [3.05, 3.63) is 11.7 Å². The molecule has 72 valence electrons. The lowest BCUT2D eigenvalue weighted by atomic mass is 9.80. The van der Waals surface area contributed by atoms with Gasteiger partial charge in [0.1, 0.15) is 0 Å². The fraction of sp³-hybridized carbons (Fsp3) is 0.750. The maximum absolute atomic E-state index is 5.98. The molecule has 5 heteroatoms. The summed E-state index contributed by atoms with van der Waals surface area (Å²) in [6, 6.07) is -0.196. The average molecular weight is 183 g/mol. The largest absolute Gasteiger partial charge is 0.380 e. The minimum atomic E-state index is -0.196. The Morgan fingerprint density at radius 1 is 1.54 bits per heavy atom. The molecule has 13 heavy (non-hydrogen) atoms. The van der Waals surface area contributed by atoms with Crippen molar-refractivity contribution in [3.8, 4) is 0 Å². The summed E-state index contributed by atoms with van der Waals surface area (Å²) in [5.74, 6) is 1.12. The van der Waals surface area contributed by atoms with E-state index in [1.165, 1.54) is 0 Å². The number of rotatable bonds is 2. The van der Waals surface area contributed by atoms with Crippen molar-refractivity contribution in [2.75, 3.05) is 13.2 Å². The van der Waals surface area contributed by atoms with Gasteiger partial charge in [-0.25, -0.2) is 0 Å². The fourth-order valence-corrected chi connectivity index (χ4v) is 1.36. The van der Waals surface area contributed by atoms with Gasteiger partial charge in [0.05, 0.1) is 19.3 Å². The Morgan fingerprint density at radius 3 is 2.62 bits per heavy atom. The first kappa shape index (κ1) is 8.65. The Balaban J connectivity index is 2.17. The van der Waals surface area contributed by atoms with Gasteiger partial charge in [-0.3, -0.25) is 0 Å². The van der Waals surface area contributed by atoms with E-state index < -0.39 is 0 Å². The standard InChI is InChI=1S/C8H13N3O2/c1-5-10-7(11-13-5)6(9)8(2)3-12-4-8/h6H,3-4,9H2,1-2H3. The van der Waals surface area contributed by atoms with Gasteiger partial charge in [0.25, 0.3) is 0 Å². The Hall–Kier alpha value is -0.940. The van der Waals surface area contributed by atoms with Crippen LogP contribution in [0.3, 0.4) is 0 Å². The zero-order valence-corrected chi connectivity index (χ0v) is 7.78. The fourth-order valence-electron chi connectivity index (χ4n) is 1.36. The number of hydrogen-bond acceptors (Lipinski definition) is 5. The maximum Gasteiger partial charge on any atom is 0.223 e. The van der Waals surface area contributed by atoms with E-state index in [-0.39, 0.29) is 11.5 Å². The van der Waals surface area contributed by atoms with Crippen LogP contribution in [-0.2, 0) is 4.74 Å². The molecule has 1 atom stereocenters. The molecule has 2 rings (SSSR count). The maximum atomic E-state index is 5.98. The monoisotopic (exact) mass is 183 g/mol. The SMILES string of the molecule is Cc1nc(C(N)C2(C)COC2)no1.